The van der Waals surface area contributed by atoms with Crippen molar-refractivity contribution in [3.8, 4) is 11.5 Å². The molecule has 1 aliphatic rings. The predicted octanol–water partition coefficient (Wildman–Crippen LogP) is 1.07. The molecule has 2 atom stereocenters. The summed E-state index contributed by atoms with van der Waals surface area (Å²) in [5, 5.41) is 18.5. The molecule has 1 aromatic carbocycles. The van der Waals surface area contributed by atoms with Crippen molar-refractivity contribution >= 4 is 11.0 Å². The Morgan fingerprint density at radius 1 is 1.32 bits per heavy atom. The molecule has 2 unspecified atom stereocenters. The molecule has 0 aliphatic carbocycles. The van der Waals surface area contributed by atoms with E-state index in [9.17, 15) is 10.0 Å². The zero-order valence-corrected chi connectivity index (χ0v) is 13.9. The summed E-state index contributed by atoms with van der Waals surface area (Å²) >= 11 is 0. The van der Waals surface area contributed by atoms with E-state index in [2.05, 4.69) is 10.3 Å². The fourth-order valence-corrected chi connectivity index (χ4v) is 3.10. The van der Waals surface area contributed by atoms with Crippen molar-refractivity contribution < 1.29 is 23.8 Å². The first-order valence-corrected chi connectivity index (χ1v) is 7.72. The molecule has 0 radical (unpaired) electrons. The van der Waals surface area contributed by atoms with E-state index >= 15 is 0 Å². The van der Waals surface area contributed by atoms with Gasteiger partial charge >= 0.3 is 0 Å². The van der Waals surface area contributed by atoms with Crippen molar-refractivity contribution in [2.24, 2.45) is 0 Å². The molecule has 3 aromatic rings. The van der Waals surface area contributed by atoms with Crippen molar-refractivity contribution in [2.45, 2.75) is 31.6 Å². The van der Waals surface area contributed by atoms with Crippen LogP contribution in [-0.4, -0.2) is 38.9 Å². The molecular formula is C16H17N4O5+. The highest BCUT2D eigenvalue weighted by molar-refractivity contribution is 5.77. The molecule has 3 heterocycles. The van der Waals surface area contributed by atoms with Crippen molar-refractivity contribution in [3.05, 3.63) is 41.1 Å². The molecule has 0 saturated heterocycles. The number of hydrogen-bond acceptors (Lipinski definition) is 7. The Balaban J connectivity index is 1.96. The topological polar surface area (TPSA) is 106 Å². The van der Waals surface area contributed by atoms with E-state index in [0.717, 1.165) is 0 Å². The Bertz CT molecular complexity index is 1010. The molecule has 130 valence electrons. The average molecular weight is 345 g/mol. The molecule has 0 bridgehead atoms. The van der Waals surface area contributed by atoms with E-state index in [1.807, 2.05) is 0 Å². The number of aliphatic hydroxyl groups excluding tert-OH is 1. The van der Waals surface area contributed by atoms with Gasteiger partial charge in [-0.15, -0.1) is 0 Å². The normalized spacial score (nSPS) is 21.6. The Kier molecular flexibility index (Phi) is 3.29. The Morgan fingerprint density at radius 3 is 2.72 bits per heavy atom. The summed E-state index contributed by atoms with van der Waals surface area (Å²) < 4.78 is 17.8. The third-order valence-electron chi connectivity index (χ3n) is 4.47. The number of aromatic nitrogens is 4. The quantitative estimate of drug-likeness (QED) is 0.693. The summed E-state index contributed by atoms with van der Waals surface area (Å²) in [6.07, 6.45) is 1.89. The highest BCUT2D eigenvalue weighted by Gasteiger charge is 2.46. The highest BCUT2D eigenvalue weighted by Crippen LogP contribution is 2.42. The fraction of sp³-hybridized carbons (Fsp3) is 0.375. The molecule has 25 heavy (non-hydrogen) atoms. The molecule has 9 heteroatoms. The van der Waals surface area contributed by atoms with Crippen LogP contribution in [0.15, 0.2) is 35.2 Å². The number of rotatable bonds is 2. The molecular weight excluding hydrogens is 328 g/mol. The zero-order valence-electron chi connectivity index (χ0n) is 13.9. The first kappa shape index (κ1) is 15.6. The van der Waals surface area contributed by atoms with Gasteiger partial charge in [0.1, 0.15) is 28.5 Å². The largest absolute Gasteiger partial charge is 0.491 e. The van der Waals surface area contributed by atoms with Crippen LogP contribution in [0.5, 0.6) is 11.5 Å². The van der Waals surface area contributed by atoms with Crippen LogP contribution < -0.4 is 14.0 Å². The van der Waals surface area contributed by atoms with Crippen LogP contribution in [0.25, 0.3) is 11.0 Å². The second-order valence-corrected chi connectivity index (χ2v) is 6.47. The third-order valence-corrected chi connectivity index (χ3v) is 4.47. The smallest absolute Gasteiger partial charge is 0.299 e. The van der Waals surface area contributed by atoms with E-state index in [1.165, 1.54) is 18.0 Å². The molecule has 0 saturated carbocycles. The monoisotopic (exact) mass is 345 g/mol. The van der Waals surface area contributed by atoms with E-state index in [0.29, 0.717) is 32.6 Å². The zero-order chi connectivity index (χ0) is 17.8. The van der Waals surface area contributed by atoms with E-state index in [1.54, 1.807) is 38.2 Å². The summed E-state index contributed by atoms with van der Waals surface area (Å²) in [6, 6.07) is 4.38. The van der Waals surface area contributed by atoms with Crippen LogP contribution in [-0.2, 0) is 0 Å². The lowest BCUT2D eigenvalue weighted by molar-refractivity contribution is -0.604. The number of aliphatic hydroxyl groups is 1. The molecule has 9 nitrogen and oxygen atoms in total. The van der Waals surface area contributed by atoms with Crippen LogP contribution in [0.2, 0.25) is 0 Å². The molecule has 1 aliphatic heterocycles. The minimum atomic E-state index is -0.976. The Hall–Kier alpha value is -2.94. The van der Waals surface area contributed by atoms with Gasteiger partial charge in [-0.3, -0.25) is 0 Å². The van der Waals surface area contributed by atoms with Gasteiger partial charge in [0, 0.05) is 17.7 Å². The summed E-state index contributed by atoms with van der Waals surface area (Å²) in [7, 11) is 1.48. The van der Waals surface area contributed by atoms with Crippen molar-refractivity contribution in [1.82, 2.24) is 15.0 Å². The fourth-order valence-electron chi connectivity index (χ4n) is 3.10. The summed E-state index contributed by atoms with van der Waals surface area (Å²) in [6.45, 7) is 3.52. The maximum absolute atomic E-state index is 12.5. The third kappa shape index (κ3) is 2.35. The minimum absolute atomic E-state index is 0.420. The number of methoxy groups -OCH3 is 1. The number of nitrogens with zero attached hydrogens (tertiary/aromatic N) is 4. The van der Waals surface area contributed by atoms with Gasteiger partial charge in [-0.05, 0) is 30.2 Å². The van der Waals surface area contributed by atoms with Gasteiger partial charge in [0.2, 0.25) is 0 Å². The van der Waals surface area contributed by atoms with Crippen LogP contribution in [0.1, 0.15) is 25.5 Å². The highest BCUT2D eigenvalue weighted by atomic mass is 16.6. The average Bonchev–Trinajstić information content (AvgIpc) is 3.02. The van der Waals surface area contributed by atoms with Crippen LogP contribution in [0.3, 0.4) is 0 Å². The summed E-state index contributed by atoms with van der Waals surface area (Å²) in [5.74, 6) is 0.940. The van der Waals surface area contributed by atoms with E-state index < -0.39 is 17.7 Å². The summed E-state index contributed by atoms with van der Waals surface area (Å²) in [4.78, 5) is 12.5. The first-order valence-electron chi connectivity index (χ1n) is 7.72. The van der Waals surface area contributed by atoms with Crippen LogP contribution in [0, 0.1) is 4.91 Å². The number of hydrogen-bond donors (Lipinski definition) is 1. The first-order chi connectivity index (χ1) is 11.9. The van der Waals surface area contributed by atoms with Crippen molar-refractivity contribution in [3.63, 3.8) is 0 Å². The van der Waals surface area contributed by atoms with Gasteiger partial charge < -0.3 is 14.6 Å². The Morgan fingerprint density at radius 2 is 2.04 bits per heavy atom. The number of fused-ring (bicyclic) bond motifs is 2. The van der Waals surface area contributed by atoms with Gasteiger partial charge in [-0.2, -0.15) is 0 Å². The van der Waals surface area contributed by atoms with Gasteiger partial charge in [-0.25, -0.2) is 4.63 Å². The SMILES string of the molecule is COc1ccn(C2c3cc4nonc4cc3OC(C)(C)C2O)[n+](=O)c1. The van der Waals surface area contributed by atoms with Gasteiger partial charge in [0.25, 0.3) is 6.20 Å². The number of ether oxygens (including phenoxy) is 2. The van der Waals surface area contributed by atoms with Crippen LogP contribution >= 0.6 is 0 Å². The van der Waals surface area contributed by atoms with Crippen molar-refractivity contribution in [2.75, 3.05) is 7.11 Å². The van der Waals surface area contributed by atoms with Gasteiger partial charge in [-0.1, -0.05) is 4.68 Å². The molecule has 0 amide bonds. The van der Waals surface area contributed by atoms with E-state index in [4.69, 9.17) is 14.1 Å². The standard InChI is InChI=1S/C16H17N4O5/c1-16(2)15(21)14(19-5-4-9(23-3)8-20(19)22)10-6-11-12(18-25-17-11)7-13(10)24-16/h4-8,14-15,21H,1-3H3/q+1. The number of benzene rings is 1. The Labute approximate surface area is 141 Å². The molecule has 0 fully saturated rings. The predicted molar refractivity (Wildman–Crippen MR) is 85.0 cm³/mol. The molecule has 0 spiro atoms. The lowest BCUT2D eigenvalue weighted by Crippen LogP contribution is -2.53. The molecule has 2 aromatic heterocycles. The maximum Gasteiger partial charge on any atom is 0.299 e. The second-order valence-electron chi connectivity index (χ2n) is 6.47. The lowest BCUT2D eigenvalue weighted by atomic mass is 9.86. The van der Waals surface area contributed by atoms with Crippen molar-refractivity contribution in [1.29, 1.82) is 0 Å². The maximum atomic E-state index is 12.5. The minimum Gasteiger partial charge on any atom is -0.491 e. The van der Waals surface area contributed by atoms with Gasteiger partial charge in [0.05, 0.1) is 18.2 Å². The second kappa shape index (κ2) is 5.28. The van der Waals surface area contributed by atoms with E-state index in [-0.39, 0.29) is 0 Å². The van der Waals surface area contributed by atoms with Gasteiger partial charge in [0.15, 0.2) is 16.3 Å². The molecule has 4 rings (SSSR count). The molecule has 1 N–H and O–H groups in total. The lowest BCUT2D eigenvalue weighted by Gasteiger charge is -2.40. The summed E-state index contributed by atoms with van der Waals surface area (Å²) in [5.41, 5.74) is 0.766. The van der Waals surface area contributed by atoms with Crippen LogP contribution in [0.4, 0.5) is 0 Å².